The van der Waals surface area contributed by atoms with E-state index in [2.05, 4.69) is 15.3 Å². The van der Waals surface area contributed by atoms with Crippen molar-refractivity contribution in [1.82, 2.24) is 15.3 Å². The van der Waals surface area contributed by atoms with Crippen molar-refractivity contribution in [2.45, 2.75) is 18.9 Å². The third-order valence-electron chi connectivity index (χ3n) is 3.07. The van der Waals surface area contributed by atoms with Gasteiger partial charge in [0.2, 0.25) is 5.88 Å². The maximum atomic E-state index is 5.98. The number of fused-ring (bicyclic) bond motifs is 1. The molecule has 0 radical (unpaired) electrons. The van der Waals surface area contributed by atoms with E-state index in [1.54, 1.807) is 6.33 Å². The van der Waals surface area contributed by atoms with E-state index in [9.17, 15) is 0 Å². The number of aromatic nitrogens is 2. The van der Waals surface area contributed by atoms with Crippen LogP contribution in [0.4, 0.5) is 0 Å². The standard InChI is InChI=1S/C13H15N3O.ClH/c1-2-4-12-11(3-1)13(16-9-15-12)17-10-5-7-14-8-6-10;/h1-4,9-10,14H,5-8H2;1H. The Morgan fingerprint density at radius 3 is 2.72 bits per heavy atom. The topological polar surface area (TPSA) is 47.0 Å². The van der Waals surface area contributed by atoms with Crippen molar-refractivity contribution >= 4 is 23.3 Å². The van der Waals surface area contributed by atoms with Crippen LogP contribution in [-0.4, -0.2) is 29.2 Å². The summed E-state index contributed by atoms with van der Waals surface area (Å²) in [6.45, 7) is 2.04. The largest absolute Gasteiger partial charge is 0.474 e. The fraction of sp³-hybridized carbons (Fsp3) is 0.385. The molecule has 4 nitrogen and oxygen atoms in total. The molecule has 1 aliphatic rings. The second kappa shape index (κ2) is 5.98. The van der Waals surface area contributed by atoms with E-state index in [1.807, 2.05) is 24.3 Å². The van der Waals surface area contributed by atoms with Crippen molar-refractivity contribution in [2.24, 2.45) is 0 Å². The number of para-hydroxylation sites is 1. The molecular weight excluding hydrogens is 250 g/mol. The van der Waals surface area contributed by atoms with Crippen LogP contribution >= 0.6 is 12.4 Å². The van der Waals surface area contributed by atoms with E-state index in [0.29, 0.717) is 5.88 Å². The lowest BCUT2D eigenvalue weighted by Gasteiger charge is -2.23. The van der Waals surface area contributed by atoms with Crippen LogP contribution in [0.5, 0.6) is 5.88 Å². The highest BCUT2D eigenvalue weighted by Crippen LogP contribution is 2.23. The van der Waals surface area contributed by atoms with Gasteiger partial charge in [-0.3, -0.25) is 0 Å². The van der Waals surface area contributed by atoms with Crippen LogP contribution in [0.3, 0.4) is 0 Å². The number of rotatable bonds is 2. The lowest BCUT2D eigenvalue weighted by Crippen LogP contribution is -2.34. The molecule has 1 fully saturated rings. The van der Waals surface area contributed by atoms with Crippen LogP contribution in [0.25, 0.3) is 10.9 Å². The minimum atomic E-state index is 0. The molecule has 2 aromatic rings. The van der Waals surface area contributed by atoms with Gasteiger partial charge in [0, 0.05) is 0 Å². The first-order valence-corrected chi connectivity index (χ1v) is 6.00. The monoisotopic (exact) mass is 265 g/mol. The van der Waals surface area contributed by atoms with Gasteiger partial charge in [-0.2, -0.15) is 0 Å². The maximum absolute atomic E-state index is 5.98. The van der Waals surface area contributed by atoms with E-state index in [0.717, 1.165) is 36.8 Å². The summed E-state index contributed by atoms with van der Waals surface area (Å²) in [5.74, 6) is 0.711. The summed E-state index contributed by atoms with van der Waals surface area (Å²) in [7, 11) is 0. The Balaban J connectivity index is 0.00000120. The molecule has 96 valence electrons. The number of nitrogens with one attached hydrogen (secondary N) is 1. The van der Waals surface area contributed by atoms with Gasteiger partial charge in [-0.05, 0) is 38.1 Å². The van der Waals surface area contributed by atoms with Crippen LogP contribution in [0.1, 0.15) is 12.8 Å². The molecular formula is C13H16ClN3O. The molecule has 1 aromatic carbocycles. The van der Waals surface area contributed by atoms with Gasteiger partial charge in [-0.15, -0.1) is 12.4 Å². The number of hydrogen-bond donors (Lipinski definition) is 1. The van der Waals surface area contributed by atoms with E-state index < -0.39 is 0 Å². The fourth-order valence-electron chi connectivity index (χ4n) is 2.15. The minimum Gasteiger partial charge on any atom is -0.474 e. The number of benzene rings is 1. The second-order valence-electron chi connectivity index (χ2n) is 4.26. The summed E-state index contributed by atoms with van der Waals surface area (Å²) in [4.78, 5) is 8.48. The molecule has 0 amide bonds. The van der Waals surface area contributed by atoms with Crippen LogP contribution < -0.4 is 10.1 Å². The number of hydrogen-bond acceptors (Lipinski definition) is 4. The predicted molar refractivity (Wildman–Crippen MR) is 73.3 cm³/mol. The first-order chi connectivity index (χ1) is 8.43. The van der Waals surface area contributed by atoms with E-state index >= 15 is 0 Å². The van der Waals surface area contributed by atoms with E-state index in [4.69, 9.17) is 4.74 Å². The summed E-state index contributed by atoms with van der Waals surface area (Å²) >= 11 is 0. The van der Waals surface area contributed by atoms with Crippen molar-refractivity contribution in [3.05, 3.63) is 30.6 Å². The highest BCUT2D eigenvalue weighted by molar-refractivity contribution is 5.85. The predicted octanol–water partition coefficient (Wildman–Crippen LogP) is 2.18. The van der Waals surface area contributed by atoms with Crippen LogP contribution in [-0.2, 0) is 0 Å². The van der Waals surface area contributed by atoms with Crippen molar-refractivity contribution in [3.63, 3.8) is 0 Å². The van der Waals surface area contributed by atoms with Gasteiger partial charge < -0.3 is 10.1 Å². The Morgan fingerprint density at radius 2 is 1.89 bits per heavy atom. The second-order valence-corrected chi connectivity index (χ2v) is 4.26. The Morgan fingerprint density at radius 1 is 1.11 bits per heavy atom. The molecule has 1 aliphatic heterocycles. The average Bonchev–Trinajstić information content (AvgIpc) is 2.40. The molecule has 3 rings (SSSR count). The van der Waals surface area contributed by atoms with Crippen LogP contribution in [0, 0.1) is 0 Å². The molecule has 2 heterocycles. The Kier molecular flexibility index (Phi) is 4.33. The Hall–Kier alpha value is -1.39. The number of nitrogens with zero attached hydrogens (tertiary/aromatic N) is 2. The van der Waals surface area contributed by atoms with Gasteiger partial charge in [0.25, 0.3) is 0 Å². The average molecular weight is 266 g/mol. The Labute approximate surface area is 112 Å². The smallest absolute Gasteiger partial charge is 0.224 e. The highest BCUT2D eigenvalue weighted by atomic mass is 35.5. The van der Waals surface area contributed by atoms with Crippen molar-refractivity contribution in [1.29, 1.82) is 0 Å². The van der Waals surface area contributed by atoms with E-state index in [-0.39, 0.29) is 18.5 Å². The summed E-state index contributed by atoms with van der Waals surface area (Å²) in [6, 6.07) is 7.95. The van der Waals surface area contributed by atoms with Crippen molar-refractivity contribution in [2.75, 3.05) is 13.1 Å². The van der Waals surface area contributed by atoms with E-state index in [1.165, 1.54) is 0 Å². The Bertz CT molecular complexity index is 509. The quantitative estimate of drug-likeness (QED) is 0.904. The van der Waals surface area contributed by atoms with Gasteiger partial charge >= 0.3 is 0 Å². The molecule has 1 saturated heterocycles. The molecule has 0 spiro atoms. The van der Waals surface area contributed by atoms with Crippen molar-refractivity contribution < 1.29 is 4.74 Å². The maximum Gasteiger partial charge on any atom is 0.224 e. The summed E-state index contributed by atoms with van der Waals surface area (Å²) in [5.41, 5.74) is 0.937. The zero-order valence-corrected chi connectivity index (χ0v) is 10.8. The lowest BCUT2D eigenvalue weighted by molar-refractivity contribution is 0.158. The highest BCUT2D eigenvalue weighted by Gasteiger charge is 2.16. The molecule has 0 saturated carbocycles. The summed E-state index contributed by atoms with van der Waals surface area (Å²) < 4.78 is 5.98. The number of ether oxygens (including phenoxy) is 1. The van der Waals surface area contributed by atoms with Gasteiger partial charge in [0.1, 0.15) is 12.4 Å². The molecule has 18 heavy (non-hydrogen) atoms. The van der Waals surface area contributed by atoms with Crippen molar-refractivity contribution in [3.8, 4) is 5.88 Å². The van der Waals surface area contributed by atoms with Gasteiger partial charge in [-0.25, -0.2) is 9.97 Å². The summed E-state index contributed by atoms with van der Waals surface area (Å²) in [6.07, 6.45) is 3.92. The first-order valence-electron chi connectivity index (χ1n) is 6.00. The molecule has 0 atom stereocenters. The normalized spacial score (nSPS) is 16.2. The van der Waals surface area contributed by atoms with Gasteiger partial charge in [0.05, 0.1) is 10.9 Å². The molecule has 1 N–H and O–H groups in total. The zero-order chi connectivity index (χ0) is 11.5. The lowest BCUT2D eigenvalue weighted by atomic mass is 10.1. The molecule has 0 aliphatic carbocycles. The fourth-order valence-corrected chi connectivity index (χ4v) is 2.15. The summed E-state index contributed by atoms with van der Waals surface area (Å²) in [5, 5.41) is 4.32. The molecule has 5 heteroatoms. The van der Waals surface area contributed by atoms with Crippen LogP contribution in [0.15, 0.2) is 30.6 Å². The number of piperidine rings is 1. The minimum absolute atomic E-state index is 0. The number of halogens is 1. The van der Waals surface area contributed by atoms with Gasteiger partial charge in [0.15, 0.2) is 0 Å². The van der Waals surface area contributed by atoms with Crippen LogP contribution in [0.2, 0.25) is 0 Å². The SMILES string of the molecule is Cl.c1ccc2c(OC3CCNCC3)ncnc2c1. The third kappa shape index (κ3) is 2.71. The molecule has 0 bridgehead atoms. The zero-order valence-electron chi connectivity index (χ0n) is 10.0. The first kappa shape index (κ1) is 13.1. The van der Waals surface area contributed by atoms with Gasteiger partial charge in [-0.1, -0.05) is 12.1 Å². The third-order valence-corrected chi connectivity index (χ3v) is 3.07. The molecule has 0 unspecified atom stereocenters. The molecule has 1 aromatic heterocycles.